The summed E-state index contributed by atoms with van der Waals surface area (Å²) in [7, 11) is 4.02. The summed E-state index contributed by atoms with van der Waals surface area (Å²) < 4.78 is 0. The average molecular weight is 277 g/mol. The van der Waals surface area contributed by atoms with Gasteiger partial charge in [0.15, 0.2) is 0 Å². The van der Waals surface area contributed by atoms with E-state index in [-0.39, 0.29) is 0 Å². The molecule has 20 heavy (non-hydrogen) atoms. The van der Waals surface area contributed by atoms with Gasteiger partial charge in [-0.3, -0.25) is 4.98 Å². The van der Waals surface area contributed by atoms with Gasteiger partial charge in [-0.15, -0.1) is 0 Å². The van der Waals surface area contributed by atoms with Crippen molar-refractivity contribution >= 4 is 5.69 Å². The summed E-state index contributed by atoms with van der Waals surface area (Å²) in [6.07, 6.45) is 3.84. The number of rotatable bonds is 4. The molecule has 1 aromatic rings. The zero-order chi connectivity index (χ0) is 14.8. The minimum absolute atomic E-state index is 0.455. The summed E-state index contributed by atoms with van der Waals surface area (Å²) in [5, 5.41) is 10.7. The maximum absolute atomic E-state index is 10.7. The van der Waals surface area contributed by atoms with E-state index in [1.807, 2.05) is 20.3 Å². The molecule has 0 aromatic carbocycles. The highest BCUT2D eigenvalue weighted by Crippen LogP contribution is 2.26. The van der Waals surface area contributed by atoms with Crippen LogP contribution in [-0.4, -0.2) is 54.3 Å². The summed E-state index contributed by atoms with van der Waals surface area (Å²) in [6.45, 7) is 6.70. The summed E-state index contributed by atoms with van der Waals surface area (Å²) in [6, 6.07) is 4.23. The minimum Gasteiger partial charge on any atom is -0.387 e. The Labute approximate surface area is 122 Å². The fourth-order valence-electron chi connectivity index (χ4n) is 2.98. The van der Waals surface area contributed by atoms with Gasteiger partial charge in [-0.05, 0) is 45.0 Å². The van der Waals surface area contributed by atoms with Crippen LogP contribution in [0.5, 0.6) is 0 Å². The van der Waals surface area contributed by atoms with Crippen molar-refractivity contribution in [3.63, 3.8) is 0 Å². The van der Waals surface area contributed by atoms with E-state index in [0.717, 1.165) is 30.8 Å². The molecule has 0 amide bonds. The van der Waals surface area contributed by atoms with Crippen LogP contribution < -0.4 is 4.90 Å². The summed E-state index contributed by atoms with van der Waals surface area (Å²) >= 11 is 0. The Balaban J connectivity index is 2.08. The fraction of sp³-hybridized carbons (Fsp3) is 0.688. The number of aromatic nitrogens is 1. The van der Waals surface area contributed by atoms with Crippen LogP contribution in [0.15, 0.2) is 18.3 Å². The van der Waals surface area contributed by atoms with Gasteiger partial charge in [-0.25, -0.2) is 0 Å². The van der Waals surface area contributed by atoms with Crippen molar-refractivity contribution in [1.82, 2.24) is 9.88 Å². The van der Waals surface area contributed by atoms with Crippen molar-refractivity contribution in [2.45, 2.75) is 38.2 Å². The number of piperidine rings is 1. The molecule has 1 N–H and O–H groups in total. The first-order valence-electron chi connectivity index (χ1n) is 7.48. The standard InChI is InChI=1S/C16H27N3O/c1-13(2)15-7-6-14(10-17-15)19-9-5-8-16(20,12-19)11-18(3)4/h6-7,10,13,20H,5,8-9,11-12H2,1-4H3/t16-/m1/s1. The molecule has 1 aromatic heterocycles. The predicted molar refractivity (Wildman–Crippen MR) is 83.3 cm³/mol. The van der Waals surface area contributed by atoms with E-state index in [0.29, 0.717) is 19.0 Å². The average Bonchev–Trinajstić information content (AvgIpc) is 2.37. The van der Waals surface area contributed by atoms with Crippen molar-refractivity contribution in [1.29, 1.82) is 0 Å². The number of hydrogen-bond acceptors (Lipinski definition) is 4. The SMILES string of the molecule is CC(C)c1ccc(N2CCC[C@@](O)(CN(C)C)C2)cn1. The summed E-state index contributed by atoms with van der Waals surface area (Å²) in [4.78, 5) is 8.84. The third-order valence-electron chi connectivity index (χ3n) is 3.89. The van der Waals surface area contributed by atoms with Gasteiger partial charge in [-0.2, -0.15) is 0 Å². The normalized spacial score (nSPS) is 23.6. The Kier molecular flexibility index (Phi) is 4.66. The minimum atomic E-state index is -0.613. The number of nitrogens with zero attached hydrogens (tertiary/aromatic N) is 3. The number of anilines is 1. The van der Waals surface area contributed by atoms with Crippen molar-refractivity contribution in [2.75, 3.05) is 38.6 Å². The first-order chi connectivity index (χ1) is 9.39. The third-order valence-corrected chi connectivity index (χ3v) is 3.89. The van der Waals surface area contributed by atoms with Crippen LogP contribution >= 0.6 is 0 Å². The van der Waals surface area contributed by atoms with E-state index >= 15 is 0 Å². The second kappa shape index (κ2) is 6.10. The topological polar surface area (TPSA) is 39.6 Å². The highest BCUT2D eigenvalue weighted by atomic mass is 16.3. The molecule has 0 spiro atoms. The lowest BCUT2D eigenvalue weighted by Crippen LogP contribution is -2.53. The molecule has 0 aliphatic carbocycles. The summed E-state index contributed by atoms with van der Waals surface area (Å²) in [5.41, 5.74) is 1.62. The number of pyridine rings is 1. The molecule has 1 saturated heterocycles. The lowest BCUT2D eigenvalue weighted by Gasteiger charge is -2.41. The second-order valence-electron chi connectivity index (χ2n) is 6.58. The van der Waals surface area contributed by atoms with Crippen LogP contribution in [0.2, 0.25) is 0 Å². The molecule has 112 valence electrons. The molecule has 4 nitrogen and oxygen atoms in total. The molecule has 1 fully saturated rings. The first-order valence-corrected chi connectivity index (χ1v) is 7.48. The molecule has 0 unspecified atom stereocenters. The maximum Gasteiger partial charge on any atom is 0.0948 e. The second-order valence-corrected chi connectivity index (χ2v) is 6.58. The van der Waals surface area contributed by atoms with Crippen molar-refractivity contribution in [3.8, 4) is 0 Å². The van der Waals surface area contributed by atoms with Crippen molar-refractivity contribution in [3.05, 3.63) is 24.0 Å². The molecule has 0 saturated carbocycles. The highest BCUT2D eigenvalue weighted by molar-refractivity contribution is 5.46. The zero-order valence-corrected chi connectivity index (χ0v) is 13.1. The quantitative estimate of drug-likeness (QED) is 0.915. The molecular weight excluding hydrogens is 250 g/mol. The first kappa shape index (κ1) is 15.3. The van der Waals surface area contributed by atoms with Gasteiger partial charge in [0.25, 0.3) is 0 Å². The monoisotopic (exact) mass is 277 g/mol. The number of hydrogen-bond donors (Lipinski definition) is 1. The molecule has 1 atom stereocenters. The number of β-amino-alcohol motifs (C(OH)–C–C–N with tert-alkyl or cyclic N) is 1. The largest absolute Gasteiger partial charge is 0.387 e. The molecule has 1 aliphatic rings. The van der Waals surface area contributed by atoms with Crippen LogP contribution in [0.3, 0.4) is 0 Å². The number of likely N-dealkylation sites (N-methyl/N-ethyl adjacent to an activating group) is 1. The Morgan fingerprint density at radius 2 is 2.15 bits per heavy atom. The Hall–Kier alpha value is -1.13. The Bertz CT molecular complexity index is 430. The number of aliphatic hydroxyl groups is 1. The lowest BCUT2D eigenvalue weighted by molar-refractivity contribution is 0.00369. The van der Waals surface area contributed by atoms with Gasteiger partial charge in [0, 0.05) is 25.3 Å². The van der Waals surface area contributed by atoms with E-state index in [1.165, 1.54) is 0 Å². The Morgan fingerprint density at radius 1 is 1.40 bits per heavy atom. The van der Waals surface area contributed by atoms with Gasteiger partial charge >= 0.3 is 0 Å². The van der Waals surface area contributed by atoms with Crippen LogP contribution in [0.25, 0.3) is 0 Å². The maximum atomic E-state index is 10.7. The van der Waals surface area contributed by atoms with Gasteiger partial charge in [0.05, 0.1) is 17.5 Å². The van der Waals surface area contributed by atoms with Gasteiger partial charge in [0.2, 0.25) is 0 Å². The summed E-state index contributed by atoms with van der Waals surface area (Å²) in [5.74, 6) is 0.455. The Morgan fingerprint density at radius 3 is 2.70 bits per heavy atom. The predicted octanol–water partition coefficient (Wildman–Crippen LogP) is 2.10. The van der Waals surface area contributed by atoms with E-state index in [9.17, 15) is 5.11 Å². The molecule has 4 heteroatoms. The van der Waals surface area contributed by atoms with Gasteiger partial charge < -0.3 is 14.9 Å². The highest BCUT2D eigenvalue weighted by Gasteiger charge is 2.33. The smallest absolute Gasteiger partial charge is 0.0948 e. The molecule has 0 radical (unpaired) electrons. The van der Waals surface area contributed by atoms with E-state index in [4.69, 9.17) is 0 Å². The van der Waals surface area contributed by atoms with Gasteiger partial charge in [-0.1, -0.05) is 13.8 Å². The molecule has 2 rings (SSSR count). The van der Waals surface area contributed by atoms with Gasteiger partial charge in [0.1, 0.15) is 0 Å². The zero-order valence-electron chi connectivity index (χ0n) is 13.1. The third kappa shape index (κ3) is 3.70. The van der Waals surface area contributed by atoms with E-state index in [1.54, 1.807) is 0 Å². The van der Waals surface area contributed by atoms with Crippen LogP contribution in [0, 0.1) is 0 Å². The van der Waals surface area contributed by atoms with Crippen LogP contribution in [0.1, 0.15) is 38.3 Å². The molecule has 0 bridgehead atoms. The lowest BCUT2D eigenvalue weighted by atomic mass is 9.92. The molecule has 2 heterocycles. The van der Waals surface area contributed by atoms with Crippen LogP contribution in [-0.2, 0) is 0 Å². The van der Waals surface area contributed by atoms with E-state index < -0.39 is 5.60 Å². The fourth-order valence-corrected chi connectivity index (χ4v) is 2.98. The van der Waals surface area contributed by atoms with Crippen LogP contribution in [0.4, 0.5) is 5.69 Å². The van der Waals surface area contributed by atoms with Crippen molar-refractivity contribution < 1.29 is 5.11 Å². The molecular formula is C16H27N3O. The van der Waals surface area contributed by atoms with E-state index in [2.05, 4.69) is 40.8 Å². The van der Waals surface area contributed by atoms with Crippen molar-refractivity contribution in [2.24, 2.45) is 0 Å². The molecule has 1 aliphatic heterocycles.